The summed E-state index contributed by atoms with van der Waals surface area (Å²) in [4.78, 5) is 26.8. The van der Waals surface area contributed by atoms with Crippen LogP contribution in [0.3, 0.4) is 0 Å². The molecular weight excluding hydrogens is 401 g/mol. The molecule has 7 heteroatoms. The second-order valence-electron chi connectivity index (χ2n) is 6.65. The zero-order valence-corrected chi connectivity index (χ0v) is 15.5. The number of nitrogens with zero attached hydrogens (tertiary/aromatic N) is 1. The van der Waals surface area contributed by atoms with E-state index in [-0.39, 0.29) is 17.6 Å². The van der Waals surface area contributed by atoms with Crippen LogP contribution in [0.15, 0.2) is 46.9 Å². The highest BCUT2D eigenvalue weighted by Crippen LogP contribution is 2.33. The molecule has 0 aliphatic carbocycles. The zero-order chi connectivity index (χ0) is 18.3. The number of amides is 2. The number of rotatable bonds is 1. The Balaban J connectivity index is 1.48. The van der Waals surface area contributed by atoms with Crippen molar-refractivity contribution in [1.82, 2.24) is 10.2 Å². The molecule has 1 spiro atoms. The Morgan fingerprint density at radius 3 is 2.46 bits per heavy atom. The Bertz CT molecular complexity index is 877. The summed E-state index contributed by atoms with van der Waals surface area (Å²) in [6.45, 7) is 1.02. The first-order valence-corrected chi connectivity index (χ1v) is 9.20. The Morgan fingerprint density at radius 1 is 1.08 bits per heavy atom. The summed E-state index contributed by atoms with van der Waals surface area (Å²) in [5.41, 5.74) is 1.33. The smallest absolute Gasteiger partial charge is 0.255 e. The Morgan fingerprint density at radius 2 is 1.77 bits per heavy atom. The molecule has 26 heavy (non-hydrogen) atoms. The van der Waals surface area contributed by atoms with Gasteiger partial charge in [0.2, 0.25) is 0 Å². The number of hydrogen-bond acceptors (Lipinski definition) is 3. The predicted octanol–water partition coefficient (Wildman–Crippen LogP) is 3.38. The van der Waals surface area contributed by atoms with Gasteiger partial charge in [-0.2, -0.15) is 0 Å². The summed E-state index contributed by atoms with van der Waals surface area (Å²) < 4.78 is 13.9. The molecule has 2 aromatic rings. The molecule has 2 aromatic carbocycles. The molecule has 0 radical (unpaired) electrons. The van der Waals surface area contributed by atoms with Crippen LogP contribution in [0.5, 0.6) is 0 Å². The van der Waals surface area contributed by atoms with Crippen molar-refractivity contribution >= 4 is 33.4 Å². The molecule has 1 saturated heterocycles. The maximum atomic E-state index is 13.0. The van der Waals surface area contributed by atoms with Gasteiger partial charge in [-0.3, -0.25) is 9.59 Å². The van der Waals surface area contributed by atoms with Gasteiger partial charge in [0.05, 0.1) is 5.56 Å². The molecule has 2 N–H and O–H groups in total. The molecule has 134 valence electrons. The van der Waals surface area contributed by atoms with E-state index in [1.807, 2.05) is 12.1 Å². The third-order valence-electron chi connectivity index (χ3n) is 4.95. The molecule has 1 fully saturated rings. The van der Waals surface area contributed by atoms with Crippen LogP contribution < -0.4 is 10.6 Å². The summed E-state index contributed by atoms with van der Waals surface area (Å²) >= 11 is 3.38. The number of hydrogen-bond donors (Lipinski definition) is 2. The predicted molar refractivity (Wildman–Crippen MR) is 99.5 cm³/mol. The third-order valence-corrected chi connectivity index (χ3v) is 5.44. The molecule has 0 atom stereocenters. The van der Waals surface area contributed by atoms with E-state index in [2.05, 4.69) is 26.6 Å². The van der Waals surface area contributed by atoms with E-state index in [9.17, 15) is 14.0 Å². The second-order valence-corrected chi connectivity index (χ2v) is 7.57. The van der Waals surface area contributed by atoms with E-state index in [4.69, 9.17) is 0 Å². The van der Waals surface area contributed by atoms with Crippen LogP contribution in [0, 0.1) is 5.82 Å². The fraction of sp³-hybridized carbons (Fsp3) is 0.263. The highest BCUT2D eigenvalue weighted by Gasteiger charge is 2.41. The van der Waals surface area contributed by atoms with Gasteiger partial charge < -0.3 is 15.5 Å². The lowest BCUT2D eigenvalue weighted by molar-refractivity contribution is 0.0639. The topological polar surface area (TPSA) is 61.4 Å². The minimum Gasteiger partial charge on any atom is -0.362 e. The Hall–Kier alpha value is -2.41. The maximum Gasteiger partial charge on any atom is 0.255 e. The van der Waals surface area contributed by atoms with Gasteiger partial charge in [0.15, 0.2) is 0 Å². The average Bonchev–Trinajstić information content (AvgIpc) is 2.63. The van der Waals surface area contributed by atoms with Gasteiger partial charge in [0.1, 0.15) is 11.5 Å². The van der Waals surface area contributed by atoms with Crippen LogP contribution in [0.1, 0.15) is 33.6 Å². The summed E-state index contributed by atoms with van der Waals surface area (Å²) in [7, 11) is 0. The van der Waals surface area contributed by atoms with Crippen molar-refractivity contribution in [3.05, 3.63) is 63.9 Å². The number of benzene rings is 2. The average molecular weight is 418 g/mol. The van der Waals surface area contributed by atoms with Crippen molar-refractivity contribution in [2.45, 2.75) is 18.5 Å². The third kappa shape index (κ3) is 3.07. The molecule has 0 unspecified atom stereocenters. The molecule has 0 bridgehead atoms. The minimum absolute atomic E-state index is 0.113. The van der Waals surface area contributed by atoms with Crippen molar-refractivity contribution in [3.63, 3.8) is 0 Å². The second kappa shape index (κ2) is 6.39. The van der Waals surface area contributed by atoms with Crippen LogP contribution in [-0.4, -0.2) is 35.5 Å². The molecule has 5 nitrogen and oxygen atoms in total. The van der Waals surface area contributed by atoms with E-state index in [1.54, 1.807) is 11.0 Å². The molecule has 2 heterocycles. The van der Waals surface area contributed by atoms with Crippen molar-refractivity contribution in [2.75, 3.05) is 18.4 Å². The number of fused-ring (bicyclic) bond motifs is 1. The summed E-state index contributed by atoms with van der Waals surface area (Å²) in [6.07, 6.45) is 1.20. The van der Waals surface area contributed by atoms with Gasteiger partial charge in [-0.1, -0.05) is 15.9 Å². The van der Waals surface area contributed by atoms with E-state index >= 15 is 0 Å². The first-order chi connectivity index (χ1) is 12.5. The number of piperidine rings is 1. The Kier molecular flexibility index (Phi) is 4.19. The van der Waals surface area contributed by atoms with Crippen molar-refractivity contribution in [3.8, 4) is 0 Å². The zero-order valence-electron chi connectivity index (χ0n) is 13.9. The maximum absolute atomic E-state index is 13.0. The van der Waals surface area contributed by atoms with Gasteiger partial charge >= 0.3 is 0 Å². The Labute approximate surface area is 158 Å². The fourth-order valence-corrected chi connectivity index (χ4v) is 3.86. The lowest BCUT2D eigenvalue weighted by Gasteiger charge is -2.46. The van der Waals surface area contributed by atoms with Gasteiger partial charge in [-0.05, 0) is 42.5 Å². The summed E-state index contributed by atoms with van der Waals surface area (Å²) in [5.74, 6) is -0.594. The first kappa shape index (κ1) is 17.0. The largest absolute Gasteiger partial charge is 0.362 e. The number of anilines is 1. The van der Waals surface area contributed by atoms with Gasteiger partial charge in [-0.25, -0.2) is 4.39 Å². The van der Waals surface area contributed by atoms with Crippen molar-refractivity contribution in [2.24, 2.45) is 0 Å². The van der Waals surface area contributed by atoms with Crippen LogP contribution in [0.2, 0.25) is 0 Å². The standard InChI is InChI=1S/C19H17BrFN3O2/c20-13-3-6-16-15(11-13)17(25)23-19(22-16)7-9-24(10-8-19)18(26)12-1-4-14(21)5-2-12/h1-6,11,22H,7-10H2,(H,23,25). The molecular formula is C19H17BrFN3O2. The van der Waals surface area contributed by atoms with E-state index < -0.39 is 5.66 Å². The van der Waals surface area contributed by atoms with Crippen LogP contribution >= 0.6 is 15.9 Å². The van der Waals surface area contributed by atoms with Crippen LogP contribution in [0.4, 0.5) is 10.1 Å². The first-order valence-electron chi connectivity index (χ1n) is 8.41. The van der Waals surface area contributed by atoms with Gasteiger partial charge in [-0.15, -0.1) is 0 Å². The van der Waals surface area contributed by atoms with Gasteiger partial charge in [0.25, 0.3) is 11.8 Å². The number of halogens is 2. The normalized spacial score (nSPS) is 18.1. The molecule has 2 aliphatic heterocycles. The van der Waals surface area contributed by atoms with E-state index in [0.717, 1.165) is 10.2 Å². The number of carbonyl (C=O) groups is 2. The molecule has 0 aromatic heterocycles. The van der Waals surface area contributed by atoms with Crippen molar-refractivity contribution in [1.29, 1.82) is 0 Å². The number of likely N-dealkylation sites (tertiary alicyclic amines) is 1. The SMILES string of the molecule is O=C1NC2(CCN(C(=O)c3ccc(F)cc3)CC2)Nc2ccc(Br)cc21. The monoisotopic (exact) mass is 417 g/mol. The number of nitrogens with one attached hydrogen (secondary N) is 2. The van der Waals surface area contributed by atoms with Gasteiger partial charge in [0, 0.05) is 41.7 Å². The lowest BCUT2D eigenvalue weighted by Crippen LogP contribution is -2.62. The van der Waals surface area contributed by atoms with Crippen molar-refractivity contribution < 1.29 is 14.0 Å². The van der Waals surface area contributed by atoms with E-state index in [1.165, 1.54) is 24.3 Å². The molecule has 4 rings (SSSR count). The molecule has 2 amide bonds. The summed E-state index contributed by atoms with van der Waals surface area (Å²) in [6, 6.07) is 11.1. The highest BCUT2D eigenvalue weighted by atomic mass is 79.9. The fourth-order valence-electron chi connectivity index (χ4n) is 3.50. The van der Waals surface area contributed by atoms with E-state index in [0.29, 0.717) is 37.1 Å². The summed E-state index contributed by atoms with van der Waals surface area (Å²) in [5, 5.41) is 6.50. The van der Waals surface area contributed by atoms with Crippen LogP contribution in [0.25, 0.3) is 0 Å². The number of carbonyl (C=O) groups excluding carboxylic acids is 2. The molecule has 2 aliphatic rings. The van der Waals surface area contributed by atoms with Crippen LogP contribution in [-0.2, 0) is 0 Å². The molecule has 0 saturated carbocycles. The highest BCUT2D eigenvalue weighted by molar-refractivity contribution is 9.10. The minimum atomic E-state index is -0.544. The lowest BCUT2D eigenvalue weighted by atomic mass is 9.92. The quantitative estimate of drug-likeness (QED) is 0.747.